The first-order valence-electron chi connectivity index (χ1n) is 29.1. The molecule has 0 aromatic heterocycles. The summed E-state index contributed by atoms with van der Waals surface area (Å²) in [7, 11) is 0. The molecule has 74 heavy (non-hydrogen) atoms. The molecule has 15 rings (SSSR count). The molecule has 0 atom stereocenters. The van der Waals surface area contributed by atoms with Gasteiger partial charge in [-0.25, -0.2) is 0 Å². The molecule has 0 radical (unpaired) electrons. The third-order valence-electron chi connectivity index (χ3n) is 18.9. The molecule has 4 aliphatic heterocycles. The van der Waals surface area contributed by atoms with Gasteiger partial charge in [-0.05, 0) is 140 Å². The molecule has 4 aliphatic carbocycles. The Morgan fingerprint density at radius 2 is 0.676 bits per heavy atom. The van der Waals surface area contributed by atoms with Crippen molar-refractivity contribution in [1.29, 1.82) is 0 Å². The monoisotopic (exact) mass is 1000 g/mol. The minimum absolute atomic E-state index is 0.103. The highest BCUT2D eigenvalue weighted by Crippen LogP contribution is 2.50. The van der Waals surface area contributed by atoms with Crippen molar-refractivity contribution in [2.24, 2.45) is 0 Å². The molecule has 7 aromatic carbocycles. The minimum Gasteiger partial charge on any atom is -0.365 e. The molecule has 0 bridgehead atoms. The highest BCUT2D eigenvalue weighted by atomic mass is 32.2. The van der Waals surface area contributed by atoms with Crippen LogP contribution in [0.15, 0.2) is 165 Å². The first-order chi connectivity index (χ1) is 36.7. The van der Waals surface area contributed by atoms with E-state index < -0.39 is 0 Å². The zero-order valence-corrected chi connectivity index (χ0v) is 44.7. The number of benzene rings is 7. The average molecular weight is 1000 g/mol. The van der Waals surface area contributed by atoms with Gasteiger partial charge in [0.1, 0.15) is 0 Å². The number of nitrogens with zero attached hydrogens (tertiary/aromatic N) is 4. The predicted molar refractivity (Wildman–Crippen MR) is 319 cm³/mol. The van der Waals surface area contributed by atoms with Crippen LogP contribution in [0.2, 0.25) is 0 Å². The van der Waals surface area contributed by atoms with Crippen molar-refractivity contribution in [2.45, 2.75) is 172 Å². The molecule has 7 aromatic rings. The number of anilines is 8. The van der Waals surface area contributed by atoms with E-state index in [0.717, 1.165) is 0 Å². The van der Waals surface area contributed by atoms with Crippen LogP contribution in [0, 0.1) is 0 Å². The van der Waals surface area contributed by atoms with Crippen LogP contribution < -0.4 is 52.4 Å². The summed E-state index contributed by atoms with van der Waals surface area (Å²) in [5.41, 5.74) is 19.4. The van der Waals surface area contributed by atoms with Crippen molar-refractivity contribution in [3.05, 3.63) is 146 Å². The third kappa shape index (κ3) is 7.72. The van der Waals surface area contributed by atoms with Crippen LogP contribution in [0.25, 0.3) is 0 Å². The van der Waals surface area contributed by atoms with E-state index in [4.69, 9.17) is 0 Å². The fourth-order valence-electron chi connectivity index (χ4n) is 15.7. The summed E-state index contributed by atoms with van der Waals surface area (Å²) < 4.78 is 0. The van der Waals surface area contributed by atoms with Gasteiger partial charge < -0.3 is 19.6 Å². The normalized spacial score (nSPS) is 19.5. The lowest BCUT2D eigenvalue weighted by atomic mass is 9.31. The van der Waals surface area contributed by atoms with Crippen molar-refractivity contribution in [3.63, 3.8) is 0 Å². The minimum atomic E-state index is 0.103. The summed E-state index contributed by atoms with van der Waals surface area (Å²) in [6.07, 6.45) is 26.7. The van der Waals surface area contributed by atoms with Crippen LogP contribution in [0.1, 0.15) is 128 Å². The number of para-hydroxylation sites is 2. The fraction of sp³-hybridized carbons (Fsp3) is 0.364. The predicted octanol–water partition coefficient (Wildman–Crippen LogP) is 14.2. The number of fused-ring (bicyclic) bond motifs is 8. The van der Waals surface area contributed by atoms with Gasteiger partial charge in [0.25, 0.3) is 0 Å². The van der Waals surface area contributed by atoms with Gasteiger partial charge >= 0.3 is 0 Å². The highest BCUT2D eigenvalue weighted by molar-refractivity contribution is 8.00. The fourth-order valence-corrected chi connectivity index (χ4v) is 18.1. The van der Waals surface area contributed by atoms with Crippen molar-refractivity contribution < 1.29 is 0 Å². The van der Waals surface area contributed by atoms with Crippen molar-refractivity contribution in [3.8, 4) is 0 Å². The van der Waals surface area contributed by atoms with E-state index in [2.05, 4.69) is 165 Å². The van der Waals surface area contributed by atoms with Gasteiger partial charge in [-0.1, -0.05) is 190 Å². The maximum Gasteiger partial charge on any atom is 0.249 e. The summed E-state index contributed by atoms with van der Waals surface area (Å²) >= 11 is 4.05. The van der Waals surface area contributed by atoms with Gasteiger partial charge in [-0.2, -0.15) is 0 Å². The molecule has 8 aliphatic rings. The van der Waals surface area contributed by atoms with E-state index in [1.807, 2.05) is 23.5 Å². The van der Waals surface area contributed by atoms with E-state index in [-0.39, 0.29) is 13.4 Å². The zero-order valence-electron chi connectivity index (χ0n) is 43.1. The Hall–Kier alpha value is -5.43. The zero-order chi connectivity index (χ0) is 48.7. The average Bonchev–Trinajstić information content (AvgIpc) is 3.46. The lowest BCUT2D eigenvalue weighted by Crippen LogP contribution is -2.64. The molecular formula is C66H68B2N4S2. The van der Waals surface area contributed by atoms with Gasteiger partial charge in [0.2, 0.25) is 13.4 Å². The molecule has 4 nitrogen and oxygen atoms in total. The van der Waals surface area contributed by atoms with Crippen LogP contribution in [0.5, 0.6) is 0 Å². The van der Waals surface area contributed by atoms with Gasteiger partial charge in [-0.3, -0.25) is 0 Å². The molecule has 370 valence electrons. The van der Waals surface area contributed by atoms with Gasteiger partial charge in [-0.15, -0.1) is 0 Å². The Kier molecular flexibility index (Phi) is 12.0. The maximum absolute atomic E-state index is 2.99. The van der Waals surface area contributed by atoms with Gasteiger partial charge in [0.15, 0.2) is 0 Å². The summed E-state index contributed by atoms with van der Waals surface area (Å²) in [5.74, 6) is 0. The molecule has 4 saturated carbocycles. The van der Waals surface area contributed by atoms with Crippen LogP contribution >= 0.6 is 23.5 Å². The molecule has 4 heterocycles. The topological polar surface area (TPSA) is 13.0 Å². The number of hydrogen-bond acceptors (Lipinski definition) is 6. The second-order valence-corrected chi connectivity index (χ2v) is 25.4. The summed E-state index contributed by atoms with van der Waals surface area (Å²) in [4.78, 5) is 17.1. The van der Waals surface area contributed by atoms with Gasteiger partial charge in [0, 0.05) is 89.2 Å². The molecule has 0 amide bonds. The maximum atomic E-state index is 2.99. The number of hydrogen-bond donors (Lipinski definition) is 0. The molecule has 0 spiro atoms. The van der Waals surface area contributed by atoms with Crippen molar-refractivity contribution >= 4 is 115 Å². The van der Waals surface area contributed by atoms with E-state index >= 15 is 0 Å². The summed E-state index contributed by atoms with van der Waals surface area (Å²) in [5, 5.41) is 0. The molecule has 4 fully saturated rings. The van der Waals surface area contributed by atoms with Crippen molar-refractivity contribution in [1.82, 2.24) is 0 Å². The van der Waals surface area contributed by atoms with Crippen LogP contribution in [0.4, 0.5) is 45.5 Å². The Morgan fingerprint density at radius 1 is 0.324 bits per heavy atom. The first-order valence-corrected chi connectivity index (χ1v) is 30.7. The van der Waals surface area contributed by atoms with E-state index in [1.165, 1.54) is 226 Å². The Bertz CT molecular complexity index is 2980. The van der Waals surface area contributed by atoms with Crippen LogP contribution in [-0.2, 0) is 0 Å². The Labute approximate surface area is 449 Å². The second kappa shape index (κ2) is 19.3. The molecule has 0 N–H and O–H groups in total. The molecular weight excluding hydrogens is 935 g/mol. The smallest absolute Gasteiger partial charge is 0.249 e. The standard InChI is InChI=1S/C66H68B2N4S2/c1-7-23-45(24-8-1)69(46-25-9-2-10-26-46)51-39-59-65-63(41-51)73-61-37-21-19-35-53(61)67(65)55-43-56-58(44-57(55)71(59)49-31-15-5-16-32-49)72(50-33-17-6-18-34-50)60-40-52(42-64-66(60)68(56)54-36-20-22-38-62(54)74-64)70(47-27-11-3-12-28-47)48-29-13-4-14-30-48/h5-6,15-22,31-48H,1-4,7-14,23-30H2. The van der Waals surface area contributed by atoms with E-state index in [1.54, 1.807) is 0 Å². The van der Waals surface area contributed by atoms with Crippen molar-refractivity contribution in [2.75, 3.05) is 19.6 Å². The highest BCUT2D eigenvalue weighted by Gasteiger charge is 2.47. The lowest BCUT2D eigenvalue weighted by molar-refractivity contribution is 0.340. The number of rotatable bonds is 8. The molecule has 0 unspecified atom stereocenters. The quantitative estimate of drug-likeness (QED) is 0.140. The van der Waals surface area contributed by atoms with Gasteiger partial charge in [0.05, 0.1) is 0 Å². The SMILES string of the molecule is c1ccc(N2c3cc4c(cc3B3c5ccccc5Sc5cc(N(C6CCCCC6)C6CCCCC6)cc2c53)B2c3ccccc3Sc3cc(N(C5CCCCC5)C5CCCCC5)cc(c32)N4c2ccccc2)cc1. The summed E-state index contributed by atoms with van der Waals surface area (Å²) in [6, 6.07) is 60.2. The van der Waals surface area contributed by atoms with Crippen LogP contribution in [0.3, 0.4) is 0 Å². The van der Waals surface area contributed by atoms with Crippen LogP contribution in [-0.4, -0.2) is 37.6 Å². The second-order valence-electron chi connectivity index (χ2n) is 23.2. The Morgan fingerprint density at radius 3 is 1.05 bits per heavy atom. The third-order valence-corrected chi connectivity index (χ3v) is 21.2. The van der Waals surface area contributed by atoms with E-state index in [0.29, 0.717) is 24.2 Å². The molecule has 0 saturated heterocycles. The lowest BCUT2D eigenvalue weighted by Gasteiger charge is -2.47. The van der Waals surface area contributed by atoms with E-state index in [9.17, 15) is 0 Å². The largest absolute Gasteiger partial charge is 0.365 e. The first kappa shape index (κ1) is 45.9. The Balaban J connectivity index is 0.993. The molecule has 8 heteroatoms. The summed E-state index contributed by atoms with van der Waals surface area (Å²) in [6.45, 7) is 0.205.